The summed E-state index contributed by atoms with van der Waals surface area (Å²) in [6.07, 6.45) is 7.29. The van der Waals surface area contributed by atoms with Gasteiger partial charge in [0.15, 0.2) is 5.82 Å². The van der Waals surface area contributed by atoms with E-state index in [4.69, 9.17) is 9.47 Å². The molecule has 0 unspecified atom stereocenters. The van der Waals surface area contributed by atoms with Crippen LogP contribution in [0, 0.1) is 5.82 Å². The van der Waals surface area contributed by atoms with E-state index in [1.165, 1.54) is 6.07 Å². The van der Waals surface area contributed by atoms with Crippen molar-refractivity contribution in [2.24, 2.45) is 7.05 Å². The van der Waals surface area contributed by atoms with Crippen LogP contribution in [0.4, 0.5) is 4.39 Å². The molecule has 0 amide bonds. The average molecular weight is 332 g/mol. The molecule has 0 radical (unpaired) electrons. The lowest BCUT2D eigenvalue weighted by Crippen LogP contribution is -2.42. The molecule has 0 bridgehead atoms. The topological polar surface area (TPSA) is 52.4 Å². The van der Waals surface area contributed by atoms with Crippen molar-refractivity contribution in [3.8, 4) is 5.88 Å². The van der Waals surface area contributed by atoms with Gasteiger partial charge in [0.1, 0.15) is 12.2 Å². The maximum absolute atomic E-state index is 13.9. The lowest BCUT2D eigenvalue weighted by Gasteiger charge is -2.32. The van der Waals surface area contributed by atoms with Gasteiger partial charge in [0.05, 0.1) is 6.20 Å². The molecule has 128 valence electrons. The molecule has 2 aliphatic rings. The maximum Gasteiger partial charge on any atom is 0.250 e. The van der Waals surface area contributed by atoms with Crippen molar-refractivity contribution in [1.82, 2.24) is 19.7 Å². The first-order chi connectivity index (χ1) is 11.7. The zero-order chi connectivity index (χ0) is 16.5. The highest BCUT2D eigenvalue weighted by Crippen LogP contribution is 2.32. The molecular weight excluding hydrogens is 311 g/mol. The zero-order valence-corrected chi connectivity index (χ0v) is 13.6. The van der Waals surface area contributed by atoms with E-state index in [-0.39, 0.29) is 24.1 Å². The molecule has 7 heteroatoms. The van der Waals surface area contributed by atoms with Crippen molar-refractivity contribution >= 4 is 0 Å². The van der Waals surface area contributed by atoms with Crippen molar-refractivity contribution in [3.63, 3.8) is 0 Å². The first-order valence-electron chi connectivity index (χ1n) is 8.31. The molecule has 3 atom stereocenters. The van der Waals surface area contributed by atoms with Crippen LogP contribution >= 0.6 is 0 Å². The second-order valence-electron chi connectivity index (χ2n) is 6.44. The predicted octanol–water partition coefficient (Wildman–Crippen LogP) is 1.77. The summed E-state index contributed by atoms with van der Waals surface area (Å²) < 4.78 is 27.5. The van der Waals surface area contributed by atoms with Gasteiger partial charge in [0, 0.05) is 50.7 Å². The lowest BCUT2D eigenvalue weighted by molar-refractivity contribution is -0.0486. The van der Waals surface area contributed by atoms with Crippen LogP contribution in [0.15, 0.2) is 30.7 Å². The van der Waals surface area contributed by atoms with Gasteiger partial charge in [0.2, 0.25) is 0 Å². The number of fused-ring (bicyclic) bond motifs is 1. The summed E-state index contributed by atoms with van der Waals surface area (Å²) in [4.78, 5) is 6.36. The fourth-order valence-corrected chi connectivity index (χ4v) is 3.68. The predicted molar refractivity (Wildman–Crippen MR) is 85.0 cm³/mol. The van der Waals surface area contributed by atoms with Crippen LogP contribution in [0.2, 0.25) is 0 Å². The number of aromatic nitrogens is 3. The smallest absolute Gasteiger partial charge is 0.250 e. The fraction of sp³-hybridized carbons (Fsp3) is 0.529. The van der Waals surface area contributed by atoms with Gasteiger partial charge in [0.25, 0.3) is 5.88 Å². The summed E-state index contributed by atoms with van der Waals surface area (Å²) in [5, 5.41) is 4.23. The molecule has 2 aromatic rings. The maximum atomic E-state index is 13.9. The summed E-state index contributed by atoms with van der Waals surface area (Å²) in [7, 11) is 1.91. The Kier molecular flexibility index (Phi) is 4.20. The number of ether oxygens (including phenoxy) is 2. The zero-order valence-electron chi connectivity index (χ0n) is 13.6. The van der Waals surface area contributed by atoms with Gasteiger partial charge in [-0.15, -0.1) is 0 Å². The molecule has 2 aliphatic heterocycles. The van der Waals surface area contributed by atoms with E-state index in [9.17, 15) is 4.39 Å². The molecule has 2 fully saturated rings. The van der Waals surface area contributed by atoms with E-state index in [1.807, 2.05) is 19.4 Å². The first-order valence-corrected chi connectivity index (χ1v) is 8.31. The molecule has 0 spiro atoms. The number of likely N-dealkylation sites (tertiary alicyclic amines) is 1. The fourth-order valence-electron chi connectivity index (χ4n) is 3.68. The number of aryl methyl sites for hydroxylation is 1. The van der Waals surface area contributed by atoms with E-state index in [0.717, 1.165) is 31.6 Å². The molecule has 6 nitrogen and oxygen atoms in total. The van der Waals surface area contributed by atoms with Crippen molar-refractivity contribution < 1.29 is 13.9 Å². The molecule has 0 saturated carbocycles. The Balaban J connectivity index is 1.51. The minimum atomic E-state index is -0.435. The SMILES string of the molecule is Cn1cc(CN2C[C@@H](Oc3ncccc3F)[C@@H]3OCCC[C@@H]32)cn1. The Morgan fingerprint density at radius 2 is 2.38 bits per heavy atom. The largest absolute Gasteiger partial charge is 0.468 e. The van der Waals surface area contributed by atoms with Crippen molar-refractivity contribution in [2.45, 2.75) is 37.6 Å². The number of hydrogen-bond acceptors (Lipinski definition) is 5. The minimum absolute atomic E-state index is 0.0446. The summed E-state index contributed by atoms with van der Waals surface area (Å²) in [5.74, 6) is -0.380. The summed E-state index contributed by atoms with van der Waals surface area (Å²) in [6, 6.07) is 3.21. The number of nitrogens with zero attached hydrogens (tertiary/aromatic N) is 4. The third kappa shape index (κ3) is 3.01. The number of halogens is 1. The Morgan fingerprint density at radius 1 is 1.46 bits per heavy atom. The van der Waals surface area contributed by atoms with Crippen LogP contribution in [-0.2, 0) is 18.3 Å². The molecule has 0 aromatic carbocycles. The van der Waals surface area contributed by atoms with Crippen LogP contribution in [-0.4, -0.2) is 51.1 Å². The normalized spacial score (nSPS) is 27.2. The van der Waals surface area contributed by atoms with Gasteiger partial charge in [-0.1, -0.05) is 0 Å². The molecule has 0 N–H and O–H groups in total. The van der Waals surface area contributed by atoms with Crippen LogP contribution in [0.5, 0.6) is 5.88 Å². The minimum Gasteiger partial charge on any atom is -0.468 e. The van der Waals surface area contributed by atoms with Gasteiger partial charge >= 0.3 is 0 Å². The van der Waals surface area contributed by atoms with E-state index in [2.05, 4.69) is 15.0 Å². The molecule has 24 heavy (non-hydrogen) atoms. The van der Waals surface area contributed by atoms with Crippen LogP contribution in [0.3, 0.4) is 0 Å². The van der Waals surface area contributed by atoms with Crippen LogP contribution < -0.4 is 4.74 Å². The number of rotatable bonds is 4. The van der Waals surface area contributed by atoms with E-state index in [1.54, 1.807) is 16.9 Å². The van der Waals surface area contributed by atoms with Crippen molar-refractivity contribution in [1.29, 1.82) is 0 Å². The summed E-state index contributed by atoms with van der Waals surface area (Å²) in [5.41, 5.74) is 1.16. The highest BCUT2D eigenvalue weighted by atomic mass is 19.1. The van der Waals surface area contributed by atoms with E-state index < -0.39 is 5.82 Å². The highest BCUT2D eigenvalue weighted by molar-refractivity contribution is 5.15. The third-order valence-corrected chi connectivity index (χ3v) is 4.72. The number of pyridine rings is 1. The first kappa shape index (κ1) is 15.5. The van der Waals surface area contributed by atoms with E-state index in [0.29, 0.717) is 6.54 Å². The lowest BCUT2D eigenvalue weighted by atomic mass is 10.0. The van der Waals surface area contributed by atoms with Gasteiger partial charge in [-0.25, -0.2) is 9.37 Å². The van der Waals surface area contributed by atoms with Crippen molar-refractivity contribution in [2.75, 3.05) is 13.2 Å². The Labute approximate surface area is 140 Å². The molecule has 0 aliphatic carbocycles. The summed E-state index contributed by atoms with van der Waals surface area (Å²) in [6.45, 7) is 2.22. The van der Waals surface area contributed by atoms with Gasteiger partial charge in [-0.2, -0.15) is 5.10 Å². The van der Waals surface area contributed by atoms with Gasteiger partial charge in [-0.3, -0.25) is 9.58 Å². The van der Waals surface area contributed by atoms with Crippen LogP contribution in [0.25, 0.3) is 0 Å². The van der Waals surface area contributed by atoms with Crippen molar-refractivity contribution in [3.05, 3.63) is 42.1 Å². The van der Waals surface area contributed by atoms with Gasteiger partial charge in [-0.05, 0) is 25.0 Å². The second kappa shape index (κ2) is 6.49. The molecule has 4 rings (SSSR count). The van der Waals surface area contributed by atoms with E-state index >= 15 is 0 Å². The highest BCUT2D eigenvalue weighted by Gasteiger charge is 2.45. The molecule has 2 aromatic heterocycles. The average Bonchev–Trinajstić information content (AvgIpc) is 3.15. The summed E-state index contributed by atoms with van der Waals surface area (Å²) >= 11 is 0. The molecule has 4 heterocycles. The Hall–Kier alpha value is -1.99. The second-order valence-corrected chi connectivity index (χ2v) is 6.44. The third-order valence-electron chi connectivity index (χ3n) is 4.72. The van der Waals surface area contributed by atoms with Crippen LogP contribution in [0.1, 0.15) is 18.4 Å². The molecule has 2 saturated heterocycles. The van der Waals surface area contributed by atoms with Gasteiger partial charge < -0.3 is 9.47 Å². The standard InChI is InChI=1S/C17H21FN4O2/c1-21-9-12(8-20-21)10-22-11-15(16-14(22)5-3-7-23-16)24-17-13(18)4-2-6-19-17/h2,4,6,8-9,14-16H,3,5,7,10-11H2,1H3/t14-,15+,16+/m0/s1. The number of hydrogen-bond donors (Lipinski definition) is 0. The molecular formula is C17H21FN4O2. The Morgan fingerprint density at radius 3 is 3.17 bits per heavy atom. The quantitative estimate of drug-likeness (QED) is 0.854. The monoisotopic (exact) mass is 332 g/mol. The Bertz CT molecular complexity index is 707.